The first kappa shape index (κ1) is 15.6. The second kappa shape index (κ2) is 6.31. The Kier molecular flexibility index (Phi) is 4.69. The van der Waals surface area contributed by atoms with Crippen LogP contribution in [0.15, 0.2) is 18.2 Å². The molecule has 0 bridgehead atoms. The molecule has 1 amide bonds. The number of nitrogens with zero attached hydrogens (tertiary/aromatic N) is 1. The summed E-state index contributed by atoms with van der Waals surface area (Å²) < 4.78 is 44.1. The summed E-state index contributed by atoms with van der Waals surface area (Å²) in [6, 6.07) is 3.31. The Morgan fingerprint density at radius 1 is 1.29 bits per heavy atom. The predicted molar refractivity (Wildman–Crippen MR) is 70.6 cm³/mol. The lowest BCUT2D eigenvalue weighted by Crippen LogP contribution is -2.33. The molecule has 2 rings (SSSR count). The highest BCUT2D eigenvalue weighted by Gasteiger charge is 2.34. The van der Waals surface area contributed by atoms with Gasteiger partial charge in [-0.15, -0.1) is 0 Å². The van der Waals surface area contributed by atoms with Crippen LogP contribution >= 0.6 is 0 Å². The molecule has 1 heterocycles. The van der Waals surface area contributed by atoms with Gasteiger partial charge in [0.05, 0.1) is 17.9 Å². The lowest BCUT2D eigenvalue weighted by molar-refractivity contribution is -0.137. The van der Waals surface area contributed by atoms with E-state index in [2.05, 4.69) is 0 Å². The highest BCUT2D eigenvalue weighted by Crippen LogP contribution is 2.35. The molecule has 0 aromatic heterocycles. The lowest BCUT2D eigenvalue weighted by atomic mass is 10.1. The third-order valence-electron chi connectivity index (χ3n) is 3.24. The number of nitrogens with two attached hydrogens (primary N) is 1. The number of halogens is 3. The summed E-state index contributed by atoms with van der Waals surface area (Å²) in [5.74, 6) is 4.64. The molecule has 1 aromatic rings. The molecule has 0 saturated carbocycles. The summed E-state index contributed by atoms with van der Waals surface area (Å²) in [7, 11) is 0. The Balaban J connectivity index is 2.29. The van der Waals surface area contributed by atoms with Gasteiger partial charge in [0.25, 0.3) is 5.91 Å². The van der Waals surface area contributed by atoms with Crippen LogP contribution in [0, 0.1) is 0 Å². The van der Waals surface area contributed by atoms with Crippen molar-refractivity contribution in [3.8, 4) is 0 Å². The van der Waals surface area contributed by atoms with E-state index in [1.54, 1.807) is 0 Å². The van der Waals surface area contributed by atoms with Crippen molar-refractivity contribution < 1.29 is 22.7 Å². The average Bonchev–Trinajstić information content (AvgIpc) is 2.74. The minimum Gasteiger partial charge on any atom is -0.380 e. The fourth-order valence-electron chi connectivity index (χ4n) is 2.17. The van der Waals surface area contributed by atoms with Crippen LogP contribution < -0.4 is 11.3 Å². The van der Waals surface area contributed by atoms with Gasteiger partial charge in [0, 0.05) is 25.3 Å². The van der Waals surface area contributed by atoms with Crippen molar-refractivity contribution in [1.82, 2.24) is 4.90 Å². The average molecular weight is 303 g/mol. The molecule has 0 unspecified atom stereocenters. The highest BCUT2D eigenvalue weighted by molar-refractivity contribution is 5.95. The molecule has 0 radical (unpaired) electrons. The molecule has 3 N–H and O–H groups in total. The van der Waals surface area contributed by atoms with Gasteiger partial charge in [-0.3, -0.25) is 10.6 Å². The molecule has 21 heavy (non-hydrogen) atoms. The van der Waals surface area contributed by atoms with E-state index in [1.807, 2.05) is 5.43 Å². The van der Waals surface area contributed by atoms with Crippen LogP contribution in [0.5, 0.6) is 0 Å². The summed E-state index contributed by atoms with van der Waals surface area (Å²) in [5.41, 5.74) is 0.760. The highest BCUT2D eigenvalue weighted by atomic mass is 19.4. The number of nitrogens with one attached hydrogen (secondary N) is 1. The van der Waals surface area contributed by atoms with Gasteiger partial charge in [-0.25, -0.2) is 0 Å². The predicted octanol–water partition coefficient (Wildman–Crippen LogP) is 1.85. The number of hydrazine groups is 1. The van der Waals surface area contributed by atoms with Gasteiger partial charge in [-0.1, -0.05) is 0 Å². The van der Waals surface area contributed by atoms with Crippen molar-refractivity contribution in [1.29, 1.82) is 0 Å². The van der Waals surface area contributed by atoms with Crippen LogP contribution in [-0.4, -0.2) is 37.1 Å². The molecule has 1 aliphatic heterocycles. The molecule has 116 valence electrons. The van der Waals surface area contributed by atoms with Crippen LogP contribution in [0.4, 0.5) is 18.9 Å². The number of amides is 1. The van der Waals surface area contributed by atoms with Gasteiger partial charge < -0.3 is 15.1 Å². The van der Waals surface area contributed by atoms with Crippen molar-refractivity contribution in [2.45, 2.75) is 12.6 Å². The summed E-state index contributed by atoms with van der Waals surface area (Å²) >= 11 is 0. The lowest BCUT2D eigenvalue weighted by Gasteiger charge is -2.21. The number of hydrogen-bond acceptors (Lipinski definition) is 4. The molecular formula is C13H16F3N3O2. The van der Waals surface area contributed by atoms with Gasteiger partial charge >= 0.3 is 6.18 Å². The Bertz CT molecular complexity index is 512. The van der Waals surface area contributed by atoms with E-state index in [0.29, 0.717) is 32.7 Å². The molecule has 0 aliphatic carbocycles. The van der Waals surface area contributed by atoms with Crippen LogP contribution in [0.2, 0.25) is 0 Å². The topological polar surface area (TPSA) is 67.6 Å². The molecule has 5 nitrogen and oxygen atoms in total. The fourth-order valence-corrected chi connectivity index (χ4v) is 2.17. The second-order valence-corrected chi connectivity index (χ2v) is 4.66. The van der Waals surface area contributed by atoms with E-state index in [1.165, 1.54) is 11.0 Å². The smallest absolute Gasteiger partial charge is 0.380 e. The largest absolute Gasteiger partial charge is 0.418 e. The van der Waals surface area contributed by atoms with Gasteiger partial charge in [-0.2, -0.15) is 13.2 Å². The zero-order valence-electron chi connectivity index (χ0n) is 11.2. The number of alkyl halides is 3. The summed E-state index contributed by atoms with van der Waals surface area (Å²) in [4.78, 5) is 13.8. The Hall–Kier alpha value is -1.80. The zero-order valence-corrected chi connectivity index (χ0v) is 11.2. The van der Waals surface area contributed by atoms with E-state index in [0.717, 1.165) is 12.1 Å². The summed E-state index contributed by atoms with van der Waals surface area (Å²) in [6.45, 7) is 1.78. The van der Waals surface area contributed by atoms with Gasteiger partial charge in [0.1, 0.15) is 0 Å². The van der Waals surface area contributed by atoms with E-state index in [-0.39, 0.29) is 11.3 Å². The minimum atomic E-state index is -4.58. The summed E-state index contributed by atoms with van der Waals surface area (Å²) in [5, 5.41) is 0. The molecule has 0 spiro atoms. The number of carbonyl (C=O) groups excluding carboxylic acids is 1. The Morgan fingerprint density at radius 2 is 2.05 bits per heavy atom. The standard InChI is InChI=1S/C13H16F3N3O2/c14-13(15,16)10-8-9(2-3-11(10)18-17)12(20)19-4-1-6-21-7-5-19/h2-3,8,18H,1,4-7,17H2. The fraction of sp³-hybridized carbons (Fsp3) is 0.462. The number of benzene rings is 1. The van der Waals surface area contributed by atoms with Crippen molar-refractivity contribution in [3.05, 3.63) is 29.3 Å². The van der Waals surface area contributed by atoms with E-state index in [4.69, 9.17) is 10.6 Å². The minimum absolute atomic E-state index is 0.0109. The first-order chi connectivity index (χ1) is 9.93. The summed E-state index contributed by atoms with van der Waals surface area (Å²) in [6.07, 6.45) is -3.92. The molecular weight excluding hydrogens is 287 g/mol. The van der Waals surface area contributed by atoms with Gasteiger partial charge in [0.2, 0.25) is 0 Å². The van der Waals surface area contributed by atoms with Crippen molar-refractivity contribution in [2.75, 3.05) is 31.7 Å². The zero-order chi connectivity index (χ0) is 15.5. The van der Waals surface area contributed by atoms with Crippen molar-refractivity contribution >= 4 is 11.6 Å². The number of nitrogen functional groups attached to an aromatic ring is 1. The second-order valence-electron chi connectivity index (χ2n) is 4.66. The third-order valence-corrected chi connectivity index (χ3v) is 3.24. The maximum Gasteiger partial charge on any atom is 0.418 e. The first-order valence-electron chi connectivity index (χ1n) is 6.48. The van der Waals surface area contributed by atoms with Gasteiger partial charge in [-0.05, 0) is 24.6 Å². The molecule has 8 heteroatoms. The van der Waals surface area contributed by atoms with E-state index in [9.17, 15) is 18.0 Å². The number of anilines is 1. The van der Waals surface area contributed by atoms with Crippen LogP contribution in [0.25, 0.3) is 0 Å². The quantitative estimate of drug-likeness (QED) is 0.646. The Morgan fingerprint density at radius 3 is 2.71 bits per heavy atom. The molecule has 0 atom stereocenters. The maximum atomic E-state index is 12.9. The van der Waals surface area contributed by atoms with E-state index < -0.39 is 17.6 Å². The Labute approximate surface area is 119 Å². The monoisotopic (exact) mass is 303 g/mol. The number of carbonyl (C=O) groups is 1. The normalized spacial score (nSPS) is 16.5. The van der Waals surface area contributed by atoms with Crippen molar-refractivity contribution in [3.63, 3.8) is 0 Å². The van der Waals surface area contributed by atoms with Crippen molar-refractivity contribution in [2.24, 2.45) is 5.84 Å². The number of ether oxygens (including phenoxy) is 1. The van der Waals surface area contributed by atoms with Crippen LogP contribution in [-0.2, 0) is 10.9 Å². The van der Waals surface area contributed by atoms with Crippen LogP contribution in [0.3, 0.4) is 0 Å². The maximum absolute atomic E-state index is 12.9. The third kappa shape index (κ3) is 3.64. The van der Waals surface area contributed by atoms with E-state index >= 15 is 0 Å². The molecule has 1 fully saturated rings. The molecule has 1 aliphatic rings. The molecule has 1 aromatic carbocycles. The van der Waals surface area contributed by atoms with Gasteiger partial charge in [0.15, 0.2) is 0 Å². The molecule has 1 saturated heterocycles. The first-order valence-corrected chi connectivity index (χ1v) is 6.48. The van der Waals surface area contributed by atoms with Crippen LogP contribution in [0.1, 0.15) is 22.3 Å². The number of rotatable bonds is 2. The SMILES string of the molecule is NNc1ccc(C(=O)N2CCCOCC2)cc1C(F)(F)F. The number of hydrogen-bond donors (Lipinski definition) is 2.